The molecule has 0 saturated heterocycles. The first-order valence-corrected chi connectivity index (χ1v) is 3.21. The molecule has 0 fully saturated rings. The summed E-state index contributed by atoms with van der Waals surface area (Å²) in [5.41, 5.74) is 4.71. The number of anilines is 1. The van der Waals surface area contributed by atoms with Gasteiger partial charge < -0.3 is 5.43 Å². The summed E-state index contributed by atoms with van der Waals surface area (Å²) in [6.45, 7) is 0. The summed E-state index contributed by atoms with van der Waals surface area (Å²) in [4.78, 5) is 14.8. The van der Waals surface area contributed by atoms with Gasteiger partial charge in [-0.15, -0.1) is 0 Å². The number of pyridine rings is 1. The van der Waals surface area contributed by atoms with Gasteiger partial charge in [-0.2, -0.15) is 0 Å². The molecule has 0 atom stereocenters. The third-order valence-corrected chi connectivity index (χ3v) is 1.30. The van der Waals surface area contributed by atoms with Gasteiger partial charge in [-0.25, -0.2) is 16.7 Å². The average molecular weight is 167 g/mol. The van der Waals surface area contributed by atoms with Crippen LogP contribution in [-0.2, 0) is 0 Å². The fraction of sp³-hybridized carbons (Fsp3) is 0. The molecule has 0 unspecified atom stereocenters. The topological polar surface area (TPSA) is 106 Å². The molecule has 1 amide bonds. The SMILES string of the molecule is NNC(=O)c1ccnc(NN)c1. The molecule has 6 heteroatoms. The molecule has 1 rings (SSSR count). The van der Waals surface area contributed by atoms with Crippen LogP contribution in [0.3, 0.4) is 0 Å². The summed E-state index contributed by atoms with van der Waals surface area (Å²) < 4.78 is 0. The van der Waals surface area contributed by atoms with E-state index in [1.807, 2.05) is 5.43 Å². The molecule has 0 aliphatic heterocycles. The van der Waals surface area contributed by atoms with Gasteiger partial charge >= 0.3 is 0 Å². The summed E-state index contributed by atoms with van der Waals surface area (Å²) in [6, 6.07) is 3.02. The second-order valence-corrected chi connectivity index (χ2v) is 2.05. The van der Waals surface area contributed by atoms with E-state index in [9.17, 15) is 4.79 Å². The largest absolute Gasteiger partial charge is 0.308 e. The van der Waals surface area contributed by atoms with Crippen LogP contribution in [0.15, 0.2) is 18.3 Å². The van der Waals surface area contributed by atoms with Crippen molar-refractivity contribution >= 4 is 11.7 Å². The van der Waals surface area contributed by atoms with Crippen LogP contribution in [0.25, 0.3) is 0 Å². The van der Waals surface area contributed by atoms with Gasteiger partial charge in [0.1, 0.15) is 5.82 Å². The molecular formula is C6H9N5O. The standard InChI is InChI=1S/C6H9N5O/c7-10-5-3-4(1-2-9-5)6(12)11-8/h1-3H,7-8H2,(H,9,10)(H,11,12). The molecule has 0 aromatic carbocycles. The highest BCUT2D eigenvalue weighted by Crippen LogP contribution is 2.04. The molecule has 0 radical (unpaired) electrons. The minimum Gasteiger partial charge on any atom is -0.308 e. The summed E-state index contributed by atoms with van der Waals surface area (Å²) in [7, 11) is 0. The van der Waals surface area contributed by atoms with Crippen LogP contribution in [0, 0.1) is 0 Å². The second-order valence-electron chi connectivity index (χ2n) is 2.05. The highest BCUT2D eigenvalue weighted by molar-refractivity contribution is 5.94. The molecule has 0 saturated carbocycles. The maximum Gasteiger partial charge on any atom is 0.265 e. The van der Waals surface area contributed by atoms with E-state index in [2.05, 4.69) is 10.4 Å². The maximum atomic E-state index is 10.9. The predicted octanol–water partition coefficient (Wildman–Crippen LogP) is -1.03. The van der Waals surface area contributed by atoms with E-state index in [0.29, 0.717) is 11.4 Å². The molecule has 1 aromatic heterocycles. The molecule has 0 spiro atoms. The fourth-order valence-corrected chi connectivity index (χ4v) is 0.734. The Hall–Kier alpha value is -1.66. The lowest BCUT2D eigenvalue weighted by Crippen LogP contribution is -2.30. The Kier molecular flexibility index (Phi) is 2.57. The normalized spacial score (nSPS) is 9.17. The van der Waals surface area contributed by atoms with Crippen LogP contribution < -0.4 is 22.5 Å². The number of hydrazine groups is 2. The van der Waals surface area contributed by atoms with Crippen LogP contribution in [0.4, 0.5) is 5.82 Å². The third-order valence-electron chi connectivity index (χ3n) is 1.30. The van der Waals surface area contributed by atoms with Crippen LogP contribution in [0.2, 0.25) is 0 Å². The lowest BCUT2D eigenvalue weighted by molar-refractivity contribution is 0.0953. The minimum atomic E-state index is -0.381. The van der Waals surface area contributed by atoms with Crippen molar-refractivity contribution in [3.8, 4) is 0 Å². The highest BCUT2D eigenvalue weighted by Gasteiger charge is 2.03. The van der Waals surface area contributed by atoms with E-state index in [1.165, 1.54) is 18.3 Å². The number of nitrogens with two attached hydrogens (primary N) is 2. The zero-order valence-electron chi connectivity index (χ0n) is 6.24. The van der Waals surface area contributed by atoms with Gasteiger partial charge in [-0.05, 0) is 12.1 Å². The van der Waals surface area contributed by atoms with E-state index in [0.717, 1.165) is 0 Å². The summed E-state index contributed by atoms with van der Waals surface area (Å²) >= 11 is 0. The van der Waals surface area contributed by atoms with Gasteiger partial charge in [0, 0.05) is 11.8 Å². The van der Waals surface area contributed by atoms with Gasteiger partial charge in [-0.1, -0.05) is 0 Å². The van der Waals surface area contributed by atoms with Crippen molar-refractivity contribution < 1.29 is 4.79 Å². The van der Waals surface area contributed by atoms with Crippen molar-refractivity contribution in [2.75, 3.05) is 5.43 Å². The summed E-state index contributed by atoms with van der Waals surface area (Å²) in [5.74, 6) is 10.0. The van der Waals surface area contributed by atoms with Crippen molar-refractivity contribution in [1.82, 2.24) is 10.4 Å². The Morgan fingerprint density at radius 2 is 2.25 bits per heavy atom. The summed E-state index contributed by atoms with van der Waals surface area (Å²) in [6.07, 6.45) is 1.46. The number of nitrogens with one attached hydrogen (secondary N) is 2. The Morgan fingerprint density at radius 1 is 1.50 bits per heavy atom. The van der Waals surface area contributed by atoms with Gasteiger partial charge in [-0.3, -0.25) is 10.2 Å². The van der Waals surface area contributed by atoms with E-state index >= 15 is 0 Å². The van der Waals surface area contributed by atoms with E-state index < -0.39 is 0 Å². The molecule has 0 aliphatic carbocycles. The number of nitrogens with zero attached hydrogens (tertiary/aromatic N) is 1. The Morgan fingerprint density at radius 3 is 2.83 bits per heavy atom. The van der Waals surface area contributed by atoms with Crippen LogP contribution in [-0.4, -0.2) is 10.9 Å². The van der Waals surface area contributed by atoms with Crippen molar-refractivity contribution in [2.24, 2.45) is 11.7 Å². The number of carbonyl (C=O) groups is 1. The van der Waals surface area contributed by atoms with Gasteiger partial charge in [0.05, 0.1) is 0 Å². The predicted molar refractivity (Wildman–Crippen MR) is 43.7 cm³/mol. The zero-order chi connectivity index (χ0) is 8.97. The number of hydrogen-bond acceptors (Lipinski definition) is 5. The van der Waals surface area contributed by atoms with E-state index in [4.69, 9.17) is 11.7 Å². The van der Waals surface area contributed by atoms with Gasteiger partial charge in [0.15, 0.2) is 0 Å². The maximum absolute atomic E-state index is 10.9. The van der Waals surface area contributed by atoms with Crippen molar-refractivity contribution in [3.05, 3.63) is 23.9 Å². The molecule has 12 heavy (non-hydrogen) atoms. The molecular weight excluding hydrogens is 158 g/mol. The zero-order valence-corrected chi connectivity index (χ0v) is 6.24. The number of rotatable bonds is 2. The van der Waals surface area contributed by atoms with E-state index in [1.54, 1.807) is 0 Å². The lowest BCUT2D eigenvalue weighted by atomic mass is 10.2. The fourth-order valence-electron chi connectivity index (χ4n) is 0.734. The van der Waals surface area contributed by atoms with Crippen LogP contribution in [0.5, 0.6) is 0 Å². The molecule has 6 N–H and O–H groups in total. The molecule has 1 heterocycles. The van der Waals surface area contributed by atoms with Crippen molar-refractivity contribution in [1.29, 1.82) is 0 Å². The lowest BCUT2D eigenvalue weighted by Gasteiger charge is -2.01. The molecule has 0 bridgehead atoms. The quantitative estimate of drug-likeness (QED) is 0.256. The first kappa shape index (κ1) is 8.44. The number of hydrogen-bond donors (Lipinski definition) is 4. The molecule has 6 nitrogen and oxygen atoms in total. The average Bonchev–Trinajstić information content (AvgIpc) is 2.17. The third kappa shape index (κ3) is 1.68. The second kappa shape index (κ2) is 3.65. The number of carbonyl (C=O) groups excluding carboxylic acids is 1. The first-order chi connectivity index (χ1) is 5.77. The molecule has 0 aliphatic rings. The molecule has 1 aromatic rings. The highest BCUT2D eigenvalue weighted by atomic mass is 16.2. The Labute approximate surface area is 68.9 Å². The van der Waals surface area contributed by atoms with Crippen LogP contribution >= 0.6 is 0 Å². The number of amides is 1. The Balaban J connectivity index is 2.93. The number of aromatic nitrogens is 1. The smallest absolute Gasteiger partial charge is 0.265 e. The monoisotopic (exact) mass is 167 g/mol. The number of nitrogen functional groups attached to an aromatic ring is 2. The van der Waals surface area contributed by atoms with Crippen molar-refractivity contribution in [2.45, 2.75) is 0 Å². The van der Waals surface area contributed by atoms with E-state index in [-0.39, 0.29) is 5.91 Å². The first-order valence-electron chi connectivity index (χ1n) is 3.21. The van der Waals surface area contributed by atoms with Gasteiger partial charge in [0.2, 0.25) is 0 Å². The van der Waals surface area contributed by atoms with Gasteiger partial charge in [0.25, 0.3) is 5.91 Å². The summed E-state index contributed by atoms with van der Waals surface area (Å²) in [5, 5.41) is 0. The van der Waals surface area contributed by atoms with Crippen LogP contribution in [0.1, 0.15) is 10.4 Å². The Bertz CT molecular complexity index is 287. The minimum absolute atomic E-state index is 0.381. The van der Waals surface area contributed by atoms with Crippen molar-refractivity contribution in [3.63, 3.8) is 0 Å². The molecule has 64 valence electrons.